The van der Waals surface area contributed by atoms with Crippen molar-refractivity contribution in [3.63, 3.8) is 0 Å². The molecule has 2 aromatic carbocycles. The highest BCUT2D eigenvalue weighted by Gasteiger charge is 2.10. The summed E-state index contributed by atoms with van der Waals surface area (Å²) in [4.78, 5) is 28.3. The molecule has 1 N–H and O–H groups in total. The van der Waals surface area contributed by atoms with Crippen molar-refractivity contribution in [2.24, 2.45) is 0 Å². The van der Waals surface area contributed by atoms with Crippen LogP contribution in [0.1, 0.15) is 21.8 Å². The van der Waals surface area contributed by atoms with Crippen LogP contribution in [0.15, 0.2) is 58.4 Å². The summed E-state index contributed by atoms with van der Waals surface area (Å²) < 4.78 is 19.5. The number of aryl methyl sites for hydroxylation is 1. The van der Waals surface area contributed by atoms with E-state index in [1.165, 1.54) is 23.5 Å². The van der Waals surface area contributed by atoms with Crippen LogP contribution in [0.2, 0.25) is 0 Å². The number of thiazole rings is 1. The van der Waals surface area contributed by atoms with E-state index in [0.717, 1.165) is 17.3 Å². The Morgan fingerprint density at radius 1 is 1.23 bits per heavy atom. The van der Waals surface area contributed by atoms with E-state index in [9.17, 15) is 14.0 Å². The van der Waals surface area contributed by atoms with Crippen LogP contribution in [0.5, 0.6) is 0 Å². The van der Waals surface area contributed by atoms with E-state index >= 15 is 0 Å². The zero-order chi connectivity index (χ0) is 21.5. The lowest BCUT2D eigenvalue weighted by atomic mass is 10.2. The quantitative estimate of drug-likeness (QED) is 0.362. The molecule has 0 fully saturated rings. The molecule has 0 atom stereocenters. The Morgan fingerprint density at radius 3 is 2.77 bits per heavy atom. The van der Waals surface area contributed by atoms with Gasteiger partial charge in [-0.2, -0.15) is 0 Å². The molecule has 1 heterocycles. The Hall–Kier alpha value is -2.84. The number of carbonyl (C=O) groups excluding carboxylic acids is 2. The Bertz CT molecular complexity index is 1080. The number of halogens is 2. The van der Waals surface area contributed by atoms with Crippen LogP contribution in [0.25, 0.3) is 6.08 Å². The van der Waals surface area contributed by atoms with Crippen LogP contribution in [-0.4, -0.2) is 16.9 Å². The van der Waals surface area contributed by atoms with Crippen molar-refractivity contribution in [2.75, 3.05) is 5.32 Å². The minimum absolute atomic E-state index is 0.0276. The normalized spacial score (nSPS) is 10.9. The van der Waals surface area contributed by atoms with Gasteiger partial charge >= 0.3 is 5.97 Å². The van der Waals surface area contributed by atoms with Gasteiger partial charge < -0.3 is 10.1 Å². The minimum Gasteiger partial charge on any atom is -0.456 e. The lowest BCUT2D eigenvalue weighted by Gasteiger charge is -2.04. The van der Waals surface area contributed by atoms with Gasteiger partial charge in [0.15, 0.2) is 0 Å². The minimum atomic E-state index is -0.610. The maximum Gasteiger partial charge on any atom is 0.331 e. The van der Waals surface area contributed by atoms with Crippen molar-refractivity contribution < 1.29 is 18.7 Å². The molecule has 1 aromatic heterocycles. The van der Waals surface area contributed by atoms with Gasteiger partial charge in [0.1, 0.15) is 17.4 Å². The van der Waals surface area contributed by atoms with Gasteiger partial charge in [0.05, 0.1) is 12.1 Å². The highest BCUT2D eigenvalue weighted by atomic mass is 79.9. The third-order valence-electron chi connectivity index (χ3n) is 3.97. The van der Waals surface area contributed by atoms with Gasteiger partial charge in [-0.3, -0.25) is 4.79 Å². The molecular formula is C22H18BrFN2O3S. The number of benzene rings is 2. The van der Waals surface area contributed by atoms with Gasteiger partial charge in [-0.15, -0.1) is 11.3 Å². The van der Waals surface area contributed by atoms with Gasteiger partial charge in [0, 0.05) is 27.2 Å². The molecular weight excluding hydrogens is 471 g/mol. The number of aromatic nitrogens is 1. The first-order valence-electron chi connectivity index (χ1n) is 8.99. The molecule has 154 valence electrons. The molecule has 0 bridgehead atoms. The molecule has 1 amide bonds. The van der Waals surface area contributed by atoms with E-state index in [0.29, 0.717) is 15.2 Å². The van der Waals surface area contributed by atoms with Crippen molar-refractivity contribution >= 4 is 50.9 Å². The molecule has 0 aliphatic heterocycles. The number of hydrogen-bond donors (Lipinski definition) is 1. The summed E-state index contributed by atoms with van der Waals surface area (Å²) in [6.07, 6.45) is 2.64. The lowest BCUT2D eigenvalue weighted by Crippen LogP contribution is -2.14. The number of carbonyl (C=O) groups is 2. The summed E-state index contributed by atoms with van der Waals surface area (Å²) in [6.45, 7) is 1.95. The Labute approximate surface area is 185 Å². The van der Waals surface area contributed by atoms with E-state index in [2.05, 4.69) is 26.2 Å². The maximum absolute atomic E-state index is 13.7. The first kappa shape index (κ1) is 21.9. The van der Waals surface area contributed by atoms with Gasteiger partial charge in [-0.05, 0) is 43.3 Å². The molecule has 8 heteroatoms. The second-order valence-electron chi connectivity index (χ2n) is 6.43. The van der Waals surface area contributed by atoms with Crippen LogP contribution in [0.4, 0.5) is 10.1 Å². The third-order valence-corrected chi connectivity index (χ3v) is 5.36. The van der Waals surface area contributed by atoms with Crippen LogP contribution >= 0.6 is 27.3 Å². The lowest BCUT2D eigenvalue weighted by molar-refractivity contribution is -0.139. The van der Waals surface area contributed by atoms with Crippen LogP contribution in [0, 0.1) is 12.7 Å². The van der Waals surface area contributed by atoms with Crippen molar-refractivity contribution in [2.45, 2.75) is 20.0 Å². The number of hydrogen-bond acceptors (Lipinski definition) is 5. The molecule has 3 rings (SSSR count). The molecule has 0 radical (unpaired) electrons. The molecule has 0 saturated carbocycles. The number of anilines is 1. The highest BCUT2D eigenvalue weighted by molar-refractivity contribution is 9.10. The van der Waals surface area contributed by atoms with Gasteiger partial charge in [-0.1, -0.05) is 33.6 Å². The summed E-state index contributed by atoms with van der Waals surface area (Å²) in [5, 5.41) is 5.18. The van der Waals surface area contributed by atoms with E-state index in [4.69, 9.17) is 4.74 Å². The second kappa shape index (κ2) is 10.3. The molecule has 0 aliphatic rings. The number of nitrogens with zero attached hydrogens (tertiary/aromatic N) is 1. The zero-order valence-electron chi connectivity index (χ0n) is 16.0. The predicted molar refractivity (Wildman–Crippen MR) is 119 cm³/mol. The highest BCUT2D eigenvalue weighted by Crippen LogP contribution is 2.17. The fraction of sp³-hybridized carbons (Fsp3) is 0.136. The van der Waals surface area contributed by atoms with Crippen molar-refractivity contribution in [1.82, 2.24) is 4.98 Å². The largest absolute Gasteiger partial charge is 0.456 e. The number of esters is 1. The summed E-state index contributed by atoms with van der Waals surface area (Å²) in [6, 6.07) is 12.0. The van der Waals surface area contributed by atoms with Gasteiger partial charge in [0.2, 0.25) is 5.91 Å². The first-order chi connectivity index (χ1) is 14.4. The van der Waals surface area contributed by atoms with Gasteiger partial charge in [-0.25, -0.2) is 14.2 Å². The van der Waals surface area contributed by atoms with Crippen LogP contribution in [0.3, 0.4) is 0 Å². The van der Waals surface area contributed by atoms with Gasteiger partial charge in [0.25, 0.3) is 0 Å². The van der Waals surface area contributed by atoms with Crippen molar-refractivity contribution in [1.29, 1.82) is 0 Å². The standard InChI is InChI=1S/C22H18BrFN2O3S/c1-14-2-6-17(7-3-14)25-20(27)11-21-26-18(13-30-21)12-29-22(28)9-4-15-10-16(23)5-8-19(15)24/h2-10,13H,11-12H2,1H3,(H,25,27)/b9-4+. The number of rotatable bonds is 7. The van der Waals surface area contributed by atoms with Crippen LogP contribution in [-0.2, 0) is 27.4 Å². The Kier molecular flexibility index (Phi) is 7.48. The third kappa shape index (κ3) is 6.60. The average Bonchev–Trinajstić information content (AvgIpc) is 3.16. The molecule has 0 unspecified atom stereocenters. The smallest absolute Gasteiger partial charge is 0.331 e. The number of nitrogens with one attached hydrogen (secondary N) is 1. The van der Waals surface area contributed by atoms with Crippen LogP contribution < -0.4 is 5.32 Å². The topological polar surface area (TPSA) is 68.3 Å². The molecule has 0 spiro atoms. The molecule has 3 aromatic rings. The monoisotopic (exact) mass is 488 g/mol. The fourth-order valence-corrected chi connectivity index (χ4v) is 3.63. The zero-order valence-corrected chi connectivity index (χ0v) is 18.4. The molecule has 5 nitrogen and oxygen atoms in total. The molecule has 0 saturated heterocycles. The first-order valence-corrected chi connectivity index (χ1v) is 10.7. The van der Waals surface area contributed by atoms with Crippen molar-refractivity contribution in [3.05, 3.63) is 86.0 Å². The number of amides is 1. The summed E-state index contributed by atoms with van der Waals surface area (Å²) in [5.41, 5.74) is 2.67. The molecule has 30 heavy (non-hydrogen) atoms. The van der Waals surface area contributed by atoms with Crippen molar-refractivity contribution in [3.8, 4) is 0 Å². The summed E-state index contributed by atoms with van der Waals surface area (Å²) in [7, 11) is 0. The summed E-state index contributed by atoms with van der Waals surface area (Å²) >= 11 is 4.57. The SMILES string of the molecule is Cc1ccc(NC(=O)Cc2nc(COC(=O)/C=C/c3cc(Br)ccc3F)cs2)cc1. The van der Waals surface area contributed by atoms with E-state index in [1.54, 1.807) is 17.5 Å². The summed E-state index contributed by atoms with van der Waals surface area (Å²) in [5.74, 6) is -1.22. The fourth-order valence-electron chi connectivity index (χ4n) is 2.47. The van der Waals surface area contributed by atoms with E-state index < -0.39 is 11.8 Å². The number of ether oxygens (including phenoxy) is 1. The second-order valence-corrected chi connectivity index (χ2v) is 8.29. The average molecular weight is 489 g/mol. The maximum atomic E-state index is 13.7. The predicted octanol–water partition coefficient (Wildman–Crippen LogP) is 5.29. The Morgan fingerprint density at radius 2 is 2.00 bits per heavy atom. The Balaban J connectivity index is 1.48. The van der Waals surface area contributed by atoms with E-state index in [1.807, 2.05) is 31.2 Å². The molecule has 0 aliphatic carbocycles. The van der Waals surface area contributed by atoms with E-state index in [-0.39, 0.29) is 24.5 Å².